The zero-order chi connectivity index (χ0) is 16.7. The molecule has 0 aliphatic heterocycles. The fraction of sp³-hybridized carbons (Fsp3) is 0.263. The summed E-state index contributed by atoms with van der Waals surface area (Å²) in [6.07, 6.45) is 2.59. The maximum absolute atomic E-state index is 12.0. The van der Waals surface area contributed by atoms with Gasteiger partial charge in [-0.05, 0) is 73.4 Å². The van der Waals surface area contributed by atoms with Crippen LogP contribution in [0.1, 0.15) is 40.4 Å². The number of carbonyl (C=O) groups excluding carboxylic acids is 1. The second-order valence-corrected chi connectivity index (χ2v) is 5.42. The van der Waals surface area contributed by atoms with Crippen molar-refractivity contribution in [1.29, 1.82) is 0 Å². The largest absolute Gasteiger partial charge is 0.494 e. The van der Waals surface area contributed by atoms with Crippen molar-refractivity contribution in [2.45, 2.75) is 27.2 Å². The molecule has 4 heteroatoms. The summed E-state index contributed by atoms with van der Waals surface area (Å²) in [6, 6.07) is 13.2. The fourth-order valence-corrected chi connectivity index (χ4v) is 1.98. The van der Waals surface area contributed by atoms with Gasteiger partial charge in [-0.25, -0.2) is 5.43 Å². The van der Waals surface area contributed by atoms with Gasteiger partial charge in [-0.1, -0.05) is 13.0 Å². The third kappa shape index (κ3) is 4.95. The van der Waals surface area contributed by atoms with Crippen molar-refractivity contribution in [3.05, 3.63) is 64.7 Å². The van der Waals surface area contributed by atoms with E-state index in [1.807, 2.05) is 50.2 Å². The van der Waals surface area contributed by atoms with Crippen LogP contribution in [-0.4, -0.2) is 18.7 Å². The van der Waals surface area contributed by atoms with Crippen LogP contribution in [0.3, 0.4) is 0 Å². The van der Waals surface area contributed by atoms with Gasteiger partial charge in [0.15, 0.2) is 0 Å². The highest BCUT2D eigenvalue weighted by molar-refractivity contribution is 5.95. The Balaban J connectivity index is 1.92. The smallest absolute Gasteiger partial charge is 0.271 e. The third-order valence-corrected chi connectivity index (χ3v) is 3.50. The number of amides is 1. The Morgan fingerprint density at radius 2 is 1.87 bits per heavy atom. The van der Waals surface area contributed by atoms with Gasteiger partial charge in [-0.2, -0.15) is 5.10 Å². The monoisotopic (exact) mass is 310 g/mol. The van der Waals surface area contributed by atoms with Crippen molar-refractivity contribution in [3.8, 4) is 5.75 Å². The topological polar surface area (TPSA) is 50.7 Å². The molecule has 120 valence electrons. The molecular weight excluding hydrogens is 288 g/mol. The lowest BCUT2D eigenvalue weighted by molar-refractivity contribution is 0.0955. The first kappa shape index (κ1) is 16.7. The summed E-state index contributed by atoms with van der Waals surface area (Å²) in [4.78, 5) is 12.0. The number of carbonyl (C=O) groups is 1. The maximum atomic E-state index is 12.0. The zero-order valence-electron chi connectivity index (χ0n) is 13.8. The van der Waals surface area contributed by atoms with E-state index in [-0.39, 0.29) is 5.91 Å². The molecule has 4 nitrogen and oxygen atoms in total. The predicted molar refractivity (Wildman–Crippen MR) is 93.2 cm³/mol. The third-order valence-electron chi connectivity index (χ3n) is 3.50. The van der Waals surface area contributed by atoms with E-state index >= 15 is 0 Å². The number of ether oxygens (including phenoxy) is 1. The highest BCUT2D eigenvalue weighted by Crippen LogP contribution is 2.11. The highest BCUT2D eigenvalue weighted by atomic mass is 16.5. The van der Waals surface area contributed by atoms with Crippen LogP contribution in [0.4, 0.5) is 0 Å². The van der Waals surface area contributed by atoms with Crippen LogP contribution in [0.15, 0.2) is 47.6 Å². The summed E-state index contributed by atoms with van der Waals surface area (Å²) in [5, 5.41) is 4.00. The standard InChI is InChI=1S/C19H22N2O2/c1-4-11-23-18-9-6-16(7-10-18)13-20-21-19(22)17-8-5-14(2)15(3)12-17/h5-10,12-13H,4,11H2,1-3H3,(H,21,22)/b20-13+. The number of hydrazone groups is 1. The molecule has 0 aliphatic rings. The van der Waals surface area contributed by atoms with Crippen molar-refractivity contribution in [3.63, 3.8) is 0 Å². The van der Waals surface area contributed by atoms with E-state index in [1.165, 1.54) is 0 Å². The van der Waals surface area contributed by atoms with Crippen molar-refractivity contribution in [2.24, 2.45) is 5.10 Å². The van der Waals surface area contributed by atoms with Crippen LogP contribution < -0.4 is 10.2 Å². The molecule has 0 spiro atoms. The number of nitrogens with one attached hydrogen (secondary N) is 1. The molecule has 2 aromatic carbocycles. The minimum absolute atomic E-state index is 0.216. The predicted octanol–water partition coefficient (Wildman–Crippen LogP) is 3.86. The average molecular weight is 310 g/mol. The molecule has 0 saturated carbocycles. The van der Waals surface area contributed by atoms with Crippen LogP contribution >= 0.6 is 0 Å². The molecule has 23 heavy (non-hydrogen) atoms. The lowest BCUT2D eigenvalue weighted by Gasteiger charge is -2.04. The van der Waals surface area contributed by atoms with Crippen LogP contribution in [0.25, 0.3) is 0 Å². The highest BCUT2D eigenvalue weighted by Gasteiger charge is 2.05. The maximum Gasteiger partial charge on any atom is 0.271 e. The van der Waals surface area contributed by atoms with Crippen LogP contribution in [0.5, 0.6) is 5.75 Å². The molecule has 0 bridgehead atoms. The molecule has 0 atom stereocenters. The molecule has 0 unspecified atom stereocenters. The van der Waals surface area contributed by atoms with E-state index in [0.717, 1.165) is 28.9 Å². The van der Waals surface area contributed by atoms with Crippen molar-refractivity contribution in [1.82, 2.24) is 5.43 Å². The van der Waals surface area contributed by atoms with E-state index in [2.05, 4.69) is 17.5 Å². The SMILES string of the molecule is CCCOc1ccc(/C=N/NC(=O)c2ccc(C)c(C)c2)cc1. The van der Waals surface area contributed by atoms with Crippen molar-refractivity contribution >= 4 is 12.1 Å². The molecule has 2 rings (SSSR count). The van der Waals surface area contributed by atoms with E-state index in [1.54, 1.807) is 12.3 Å². The number of nitrogens with zero attached hydrogens (tertiary/aromatic N) is 1. The Labute approximate surface area is 137 Å². The first-order valence-corrected chi connectivity index (χ1v) is 7.73. The number of hydrogen-bond acceptors (Lipinski definition) is 3. The van der Waals surface area contributed by atoms with Crippen LogP contribution in [-0.2, 0) is 0 Å². The van der Waals surface area contributed by atoms with Crippen molar-refractivity contribution < 1.29 is 9.53 Å². The first-order chi connectivity index (χ1) is 11.1. The molecule has 0 aromatic heterocycles. The van der Waals surface area contributed by atoms with E-state index in [4.69, 9.17) is 4.74 Å². The number of rotatable bonds is 6. The molecule has 1 N–H and O–H groups in total. The Morgan fingerprint density at radius 1 is 1.13 bits per heavy atom. The molecule has 0 heterocycles. The van der Waals surface area contributed by atoms with Crippen LogP contribution in [0, 0.1) is 13.8 Å². The summed E-state index contributed by atoms with van der Waals surface area (Å²) in [7, 11) is 0. The molecular formula is C19H22N2O2. The van der Waals surface area contributed by atoms with Gasteiger partial charge in [-0.3, -0.25) is 4.79 Å². The minimum Gasteiger partial charge on any atom is -0.494 e. The minimum atomic E-state index is -0.216. The summed E-state index contributed by atoms with van der Waals surface area (Å²) in [5.74, 6) is 0.621. The first-order valence-electron chi connectivity index (χ1n) is 7.73. The molecule has 0 saturated heterocycles. The van der Waals surface area contributed by atoms with Crippen LogP contribution in [0.2, 0.25) is 0 Å². The lowest BCUT2D eigenvalue weighted by Crippen LogP contribution is -2.17. The van der Waals surface area contributed by atoms with Gasteiger partial charge in [0.25, 0.3) is 5.91 Å². The van der Waals surface area contributed by atoms with Gasteiger partial charge in [0.1, 0.15) is 5.75 Å². The molecule has 1 amide bonds. The molecule has 0 fully saturated rings. The Morgan fingerprint density at radius 3 is 2.52 bits per heavy atom. The summed E-state index contributed by atoms with van der Waals surface area (Å²) in [6.45, 7) is 6.78. The van der Waals surface area contributed by atoms with E-state index in [0.29, 0.717) is 12.2 Å². The van der Waals surface area contributed by atoms with Gasteiger partial charge in [-0.15, -0.1) is 0 Å². The molecule has 0 aliphatic carbocycles. The van der Waals surface area contributed by atoms with Gasteiger partial charge in [0.05, 0.1) is 12.8 Å². The zero-order valence-corrected chi connectivity index (χ0v) is 13.8. The second kappa shape index (κ2) is 8.13. The molecule has 2 aromatic rings. The Bertz CT molecular complexity index is 691. The number of hydrogen-bond donors (Lipinski definition) is 1. The molecule has 0 radical (unpaired) electrons. The Kier molecular flexibility index (Phi) is 5.92. The summed E-state index contributed by atoms with van der Waals surface area (Å²) in [5.41, 5.74) is 6.29. The number of aryl methyl sites for hydroxylation is 2. The van der Waals surface area contributed by atoms with E-state index in [9.17, 15) is 4.79 Å². The normalized spacial score (nSPS) is 10.7. The second-order valence-electron chi connectivity index (χ2n) is 5.42. The Hall–Kier alpha value is -2.62. The van der Waals surface area contributed by atoms with Gasteiger partial charge in [0.2, 0.25) is 0 Å². The van der Waals surface area contributed by atoms with Crippen molar-refractivity contribution in [2.75, 3.05) is 6.61 Å². The summed E-state index contributed by atoms with van der Waals surface area (Å²) < 4.78 is 5.52. The quantitative estimate of drug-likeness (QED) is 0.650. The summed E-state index contributed by atoms with van der Waals surface area (Å²) >= 11 is 0. The van der Waals surface area contributed by atoms with E-state index < -0.39 is 0 Å². The average Bonchev–Trinajstić information content (AvgIpc) is 2.56. The number of benzene rings is 2. The van der Waals surface area contributed by atoms with Gasteiger partial charge < -0.3 is 4.74 Å². The fourth-order valence-electron chi connectivity index (χ4n) is 1.98. The van der Waals surface area contributed by atoms with Gasteiger partial charge >= 0.3 is 0 Å². The van der Waals surface area contributed by atoms with Gasteiger partial charge in [0, 0.05) is 5.56 Å². The lowest BCUT2D eigenvalue weighted by atomic mass is 10.1.